The summed E-state index contributed by atoms with van der Waals surface area (Å²) in [6.45, 7) is 2.43. The molecule has 1 N–H and O–H groups in total. The molecule has 0 amide bonds. The largest absolute Gasteiger partial charge is 0.313 e. The molecule has 1 aromatic heterocycles. The molecule has 2 rings (SSSR count). The highest BCUT2D eigenvalue weighted by Gasteiger charge is 2.18. The standard InChI is InChI=1S/C15H15N3O3S/c1-2-9-18-11-13(7-8-15(18)19)17-22(20,21)14-6-4-3-5-12(14)10-16/h3-8,11,17H,2,9H2,1H3. The second kappa shape index (κ2) is 6.45. The maximum absolute atomic E-state index is 12.4. The molecule has 0 unspecified atom stereocenters. The molecular weight excluding hydrogens is 302 g/mol. The normalized spacial score (nSPS) is 10.9. The molecule has 114 valence electrons. The predicted octanol–water partition coefficient (Wildman–Crippen LogP) is 1.93. The first-order valence-corrected chi connectivity index (χ1v) is 8.18. The third-order valence-electron chi connectivity index (χ3n) is 3.00. The van der Waals surface area contributed by atoms with Crippen molar-refractivity contribution in [3.63, 3.8) is 0 Å². The smallest absolute Gasteiger partial charge is 0.263 e. The summed E-state index contributed by atoms with van der Waals surface area (Å²) in [6, 6.07) is 10.5. The van der Waals surface area contributed by atoms with Crippen LogP contribution >= 0.6 is 0 Å². The van der Waals surface area contributed by atoms with Crippen LogP contribution in [0.2, 0.25) is 0 Å². The molecule has 1 heterocycles. The Morgan fingerprint density at radius 3 is 2.64 bits per heavy atom. The van der Waals surface area contributed by atoms with E-state index in [-0.39, 0.29) is 21.7 Å². The average Bonchev–Trinajstić information content (AvgIpc) is 2.50. The molecule has 0 spiro atoms. The van der Waals surface area contributed by atoms with E-state index < -0.39 is 10.0 Å². The van der Waals surface area contributed by atoms with Gasteiger partial charge in [-0.2, -0.15) is 5.26 Å². The van der Waals surface area contributed by atoms with Crippen LogP contribution in [0.1, 0.15) is 18.9 Å². The molecule has 0 bridgehead atoms. The number of hydrogen-bond acceptors (Lipinski definition) is 4. The van der Waals surface area contributed by atoms with Crippen LogP contribution < -0.4 is 10.3 Å². The van der Waals surface area contributed by atoms with Crippen LogP contribution in [-0.2, 0) is 16.6 Å². The zero-order valence-corrected chi connectivity index (χ0v) is 12.8. The Kier molecular flexibility index (Phi) is 4.63. The lowest BCUT2D eigenvalue weighted by Crippen LogP contribution is -2.21. The van der Waals surface area contributed by atoms with Crippen LogP contribution in [0, 0.1) is 11.3 Å². The second-order valence-corrected chi connectivity index (χ2v) is 6.31. The highest BCUT2D eigenvalue weighted by Crippen LogP contribution is 2.18. The number of aromatic nitrogens is 1. The maximum Gasteiger partial charge on any atom is 0.263 e. The number of pyridine rings is 1. The Morgan fingerprint density at radius 2 is 1.95 bits per heavy atom. The summed E-state index contributed by atoms with van der Waals surface area (Å²) in [5, 5.41) is 9.01. The van der Waals surface area contributed by atoms with Crippen molar-refractivity contribution in [1.29, 1.82) is 5.26 Å². The Morgan fingerprint density at radius 1 is 1.23 bits per heavy atom. The molecule has 0 saturated heterocycles. The van der Waals surface area contributed by atoms with E-state index in [1.54, 1.807) is 12.1 Å². The molecular formula is C15H15N3O3S. The maximum atomic E-state index is 12.4. The minimum Gasteiger partial charge on any atom is -0.313 e. The molecule has 0 aliphatic carbocycles. The highest BCUT2D eigenvalue weighted by atomic mass is 32.2. The van der Waals surface area contributed by atoms with Gasteiger partial charge in [0, 0.05) is 18.8 Å². The SMILES string of the molecule is CCCn1cc(NS(=O)(=O)c2ccccc2C#N)ccc1=O. The third kappa shape index (κ3) is 3.35. The van der Waals surface area contributed by atoms with Crippen molar-refractivity contribution in [3.8, 4) is 6.07 Å². The first-order chi connectivity index (χ1) is 10.5. The van der Waals surface area contributed by atoms with Crippen molar-refractivity contribution in [2.45, 2.75) is 24.8 Å². The zero-order chi connectivity index (χ0) is 16.2. The number of rotatable bonds is 5. The van der Waals surface area contributed by atoms with Crippen LogP contribution in [-0.4, -0.2) is 13.0 Å². The number of sulfonamides is 1. The number of anilines is 1. The van der Waals surface area contributed by atoms with Crippen molar-refractivity contribution in [3.05, 3.63) is 58.5 Å². The van der Waals surface area contributed by atoms with Gasteiger partial charge in [-0.3, -0.25) is 9.52 Å². The highest BCUT2D eigenvalue weighted by molar-refractivity contribution is 7.92. The van der Waals surface area contributed by atoms with Crippen molar-refractivity contribution in [1.82, 2.24) is 4.57 Å². The Balaban J connectivity index is 2.39. The molecule has 0 radical (unpaired) electrons. The summed E-state index contributed by atoms with van der Waals surface area (Å²) in [7, 11) is -3.89. The zero-order valence-electron chi connectivity index (χ0n) is 12.0. The van der Waals surface area contributed by atoms with Gasteiger partial charge in [0.05, 0.1) is 11.3 Å². The van der Waals surface area contributed by atoms with E-state index in [0.717, 1.165) is 6.42 Å². The van der Waals surface area contributed by atoms with Crippen molar-refractivity contribution in [2.24, 2.45) is 0 Å². The van der Waals surface area contributed by atoms with Crippen molar-refractivity contribution < 1.29 is 8.42 Å². The fraction of sp³-hybridized carbons (Fsp3) is 0.200. The number of aryl methyl sites for hydroxylation is 1. The topological polar surface area (TPSA) is 92.0 Å². The van der Waals surface area contributed by atoms with E-state index in [1.807, 2.05) is 13.0 Å². The van der Waals surface area contributed by atoms with Crippen LogP contribution in [0.5, 0.6) is 0 Å². The fourth-order valence-corrected chi connectivity index (χ4v) is 3.21. The van der Waals surface area contributed by atoms with Crippen molar-refractivity contribution in [2.75, 3.05) is 4.72 Å². The van der Waals surface area contributed by atoms with Gasteiger partial charge in [0.1, 0.15) is 11.0 Å². The number of nitriles is 1. The molecule has 0 aliphatic heterocycles. The quantitative estimate of drug-likeness (QED) is 0.912. The van der Waals surface area contributed by atoms with Gasteiger partial charge in [-0.1, -0.05) is 19.1 Å². The predicted molar refractivity (Wildman–Crippen MR) is 83.0 cm³/mol. The van der Waals surface area contributed by atoms with Crippen molar-refractivity contribution >= 4 is 15.7 Å². The molecule has 1 aromatic carbocycles. The number of hydrogen-bond donors (Lipinski definition) is 1. The number of nitrogens with zero attached hydrogens (tertiary/aromatic N) is 2. The number of benzene rings is 1. The van der Waals surface area contributed by atoms with Crippen LogP contribution in [0.4, 0.5) is 5.69 Å². The van der Waals surface area contributed by atoms with E-state index in [9.17, 15) is 13.2 Å². The molecule has 2 aromatic rings. The monoisotopic (exact) mass is 317 g/mol. The summed E-state index contributed by atoms with van der Waals surface area (Å²) < 4.78 is 28.6. The van der Waals surface area contributed by atoms with Gasteiger partial charge in [0.25, 0.3) is 15.6 Å². The molecule has 22 heavy (non-hydrogen) atoms. The van der Waals surface area contributed by atoms with E-state index in [1.165, 1.54) is 35.0 Å². The molecule has 0 saturated carbocycles. The number of nitrogens with one attached hydrogen (secondary N) is 1. The Bertz CT molecular complexity index is 879. The lowest BCUT2D eigenvalue weighted by Gasteiger charge is -2.11. The van der Waals surface area contributed by atoms with Gasteiger partial charge in [0.15, 0.2) is 0 Å². The Labute approximate surface area is 128 Å². The Hall–Kier alpha value is -2.59. The fourth-order valence-electron chi connectivity index (χ4n) is 2.01. The van der Waals surface area contributed by atoms with Gasteiger partial charge in [-0.25, -0.2) is 8.42 Å². The molecule has 0 fully saturated rings. The molecule has 6 nitrogen and oxygen atoms in total. The summed E-state index contributed by atoms with van der Waals surface area (Å²) in [5.74, 6) is 0. The van der Waals surface area contributed by atoms with Crippen LogP contribution in [0.25, 0.3) is 0 Å². The summed E-state index contributed by atoms with van der Waals surface area (Å²) in [4.78, 5) is 11.5. The first kappa shape index (κ1) is 15.8. The van der Waals surface area contributed by atoms with Gasteiger partial charge in [-0.05, 0) is 24.6 Å². The molecule has 0 aliphatic rings. The minimum atomic E-state index is -3.89. The van der Waals surface area contributed by atoms with E-state index in [2.05, 4.69) is 4.72 Å². The summed E-state index contributed by atoms with van der Waals surface area (Å²) in [6.07, 6.45) is 2.21. The minimum absolute atomic E-state index is 0.0666. The summed E-state index contributed by atoms with van der Waals surface area (Å²) in [5.41, 5.74) is 0.153. The van der Waals surface area contributed by atoms with Gasteiger partial charge in [0.2, 0.25) is 0 Å². The van der Waals surface area contributed by atoms with Gasteiger partial charge in [-0.15, -0.1) is 0 Å². The third-order valence-corrected chi connectivity index (χ3v) is 4.44. The van der Waals surface area contributed by atoms with E-state index >= 15 is 0 Å². The second-order valence-electron chi connectivity index (χ2n) is 4.66. The lowest BCUT2D eigenvalue weighted by atomic mass is 10.2. The van der Waals surface area contributed by atoms with Gasteiger partial charge >= 0.3 is 0 Å². The molecule has 7 heteroatoms. The molecule has 0 atom stereocenters. The van der Waals surface area contributed by atoms with Crippen LogP contribution in [0.3, 0.4) is 0 Å². The van der Waals surface area contributed by atoms with Crippen LogP contribution in [0.15, 0.2) is 52.3 Å². The van der Waals surface area contributed by atoms with E-state index in [4.69, 9.17) is 5.26 Å². The summed E-state index contributed by atoms with van der Waals surface area (Å²) >= 11 is 0. The lowest BCUT2D eigenvalue weighted by molar-refractivity contribution is 0.600. The van der Waals surface area contributed by atoms with Gasteiger partial charge < -0.3 is 4.57 Å². The average molecular weight is 317 g/mol. The van der Waals surface area contributed by atoms with E-state index in [0.29, 0.717) is 6.54 Å². The first-order valence-electron chi connectivity index (χ1n) is 6.70.